The molecule has 0 unspecified atom stereocenters. The molecule has 2 aromatic rings. The Labute approximate surface area is 152 Å². The summed E-state index contributed by atoms with van der Waals surface area (Å²) < 4.78 is 51.8. The first-order chi connectivity index (χ1) is 12.6. The minimum Gasteiger partial charge on any atom is -0.336 e. The summed E-state index contributed by atoms with van der Waals surface area (Å²) >= 11 is 0. The minimum absolute atomic E-state index is 0.119. The molecule has 144 valence electrons. The van der Waals surface area contributed by atoms with Gasteiger partial charge in [-0.25, -0.2) is 9.18 Å². The molecule has 2 aromatic carbocycles. The van der Waals surface area contributed by atoms with Gasteiger partial charge in [-0.3, -0.25) is 4.79 Å². The summed E-state index contributed by atoms with van der Waals surface area (Å²) in [5, 5.41) is 7.56. The van der Waals surface area contributed by atoms with Gasteiger partial charge in [-0.2, -0.15) is 13.2 Å². The summed E-state index contributed by atoms with van der Waals surface area (Å²) in [5.41, 5.74) is -1.47. The number of rotatable bonds is 4. The van der Waals surface area contributed by atoms with Gasteiger partial charge in [0, 0.05) is 11.6 Å². The van der Waals surface area contributed by atoms with E-state index in [4.69, 9.17) is 0 Å². The molecule has 3 N–H and O–H groups in total. The van der Waals surface area contributed by atoms with Crippen LogP contribution in [0.2, 0.25) is 0 Å². The molecular formula is C18H17F4N3O2. The van der Waals surface area contributed by atoms with Gasteiger partial charge < -0.3 is 16.0 Å². The van der Waals surface area contributed by atoms with Gasteiger partial charge in [0.25, 0.3) is 5.91 Å². The lowest BCUT2D eigenvalue weighted by Crippen LogP contribution is -2.34. The van der Waals surface area contributed by atoms with Crippen LogP contribution < -0.4 is 16.0 Å². The first-order valence-electron chi connectivity index (χ1n) is 7.92. The number of carbonyl (C=O) groups is 2. The fraction of sp³-hybridized carbons (Fsp3) is 0.222. The Morgan fingerprint density at radius 1 is 0.963 bits per heavy atom. The second-order valence-corrected chi connectivity index (χ2v) is 5.95. The van der Waals surface area contributed by atoms with Crippen LogP contribution in [0.5, 0.6) is 0 Å². The molecule has 0 spiro atoms. The minimum atomic E-state index is -4.92. The van der Waals surface area contributed by atoms with Crippen LogP contribution in [-0.2, 0) is 6.18 Å². The van der Waals surface area contributed by atoms with Gasteiger partial charge in [-0.1, -0.05) is 12.1 Å². The van der Waals surface area contributed by atoms with Crippen LogP contribution in [0, 0.1) is 5.82 Å². The summed E-state index contributed by atoms with van der Waals surface area (Å²) in [7, 11) is 0. The van der Waals surface area contributed by atoms with Crippen molar-refractivity contribution in [2.24, 2.45) is 0 Å². The van der Waals surface area contributed by atoms with Crippen LogP contribution >= 0.6 is 0 Å². The third-order valence-corrected chi connectivity index (χ3v) is 3.38. The lowest BCUT2D eigenvalue weighted by atomic mass is 10.1. The number of benzene rings is 2. The Hall–Kier alpha value is -3.10. The molecule has 0 atom stereocenters. The molecule has 0 saturated heterocycles. The van der Waals surface area contributed by atoms with E-state index in [1.54, 1.807) is 26.0 Å². The van der Waals surface area contributed by atoms with E-state index in [1.165, 1.54) is 12.1 Å². The van der Waals surface area contributed by atoms with Gasteiger partial charge in [0.05, 0.1) is 16.9 Å². The van der Waals surface area contributed by atoms with Crippen molar-refractivity contribution < 1.29 is 27.2 Å². The van der Waals surface area contributed by atoms with Crippen molar-refractivity contribution in [2.75, 3.05) is 10.6 Å². The van der Waals surface area contributed by atoms with Gasteiger partial charge >= 0.3 is 12.2 Å². The maximum absolute atomic E-state index is 13.4. The largest absolute Gasteiger partial charge is 0.419 e. The number of alkyl halides is 3. The van der Waals surface area contributed by atoms with E-state index in [1.807, 2.05) is 0 Å². The fourth-order valence-electron chi connectivity index (χ4n) is 2.20. The zero-order chi connectivity index (χ0) is 20.2. The molecule has 0 heterocycles. The number of amides is 3. The Morgan fingerprint density at radius 3 is 2.11 bits per heavy atom. The zero-order valence-electron chi connectivity index (χ0n) is 14.4. The van der Waals surface area contributed by atoms with Crippen molar-refractivity contribution in [2.45, 2.75) is 26.1 Å². The van der Waals surface area contributed by atoms with Crippen molar-refractivity contribution in [1.82, 2.24) is 5.32 Å². The molecule has 9 heteroatoms. The number of hydrogen-bond donors (Lipinski definition) is 3. The molecule has 2 rings (SSSR count). The molecule has 0 bridgehead atoms. The lowest BCUT2D eigenvalue weighted by Gasteiger charge is -2.15. The molecule has 0 aliphatic carbocycles. The van der Waals surface area contributed by atoms with Gasteiger partial charge in [0.15, 0.2) is 0 Å². The fourth-order valence-corrected chi connectivity index (χ4v) is 2.20. The predicted octanol–water partition coefficient (Wildman–Crippen LogP) is 4.63. The quantitative estimate of drug-likeness (QED) is 0.674. The smallest absolute Gasteiger partial charge is 0.336 e. The highest BCUT2D eigenvalue weighted by molar-refractivity contribution is 6.07. The number of urea groups is 1. The van der Waals surface area contributed by atoms with E-state index in [9.17, 15) is 27.2 Å². The monoisotopic (exact) mass is 383 g/mol. The average Bonchev–Trinajstić information content (AvgIpc) is 2.55. The Kier molecular flexibility index (Phi) is 6.04. The van der Waals surface area contributed by atoms with Gasteiger partial charge in [0.1, 0.15) is 5.82 Å². The molecule has 0 saturated carbocycles. The molecule has 5 nitrogen and oxygen atoms in total. The van der Waals surface area contributed by atoms with E-state index in [2.05, 4.69) is 16.0 Å². The highest BCUT2D eigenvalue weighted by atomic mass is 19.4. The Balaban J connectivity index is 2.23. The number of hydrogen-bond acceptors (Lipinski definition) is 2. The first kappa shape index (κ1) is 20.2. The van der Waals surface area contributed by atoms with Crippen molar-refractivity contribution in [3.8, 4) is 0 Å². The standard InChI is InChI=1S/C18H17F4N3O2/c1-10(2)23-17(27)25-15-6-4-3-5-14(15)24-16(26)11-7-8-13(19)12(9-11)18(20,21)22/h3-10H,1-2H3,(H,24,26)(H2,23,25,27). The summed E-state index contributed by atoms with van der Waals surface area (Å²) in [6.45, 7) is 3.53. The molecule has 0 aliphatic heterocycles. The van der Waals surface area contributed by atoms with Crippen LogP contribution in [0.1, 0.15) is 29.8 Å². The van der Waals surface area contributed by atoms with E-state index in [0.29, 0.717) is 12.1 Å². The molecule has 0 aliphatic rings. The number of halogens is 4. The molecular weight excluding hydrogens is 366 g/mol. The van der Waals surface area contributed by atoms with Crippen LogP contribution in [0.4, 0.5) is 33.7 Å². The summed E-state index contributed by atoms with van der Waals surface area (Å²) in [6, 6.07) is 7.51. The number of carbonyl (C=O) groups excluding carboxylic acids is 2. The Bertz CT molecular complexity index is 851. The topological polar surface area (TPSA) is 70.2 Å². The van der Waals surface area contributed by atoms with E-state index >= 15 is 0 Å². The molecule has 3 amide bonds. The maximum atomic E-state index is 13.4. The third-order valence-electron chi connectivity index (χ3n) is 3.38. The molecule has 0 aromatic heterocycles. The summed E-state index contributed by atoms with van der Waals surface area (Å²) in [6.07, 6.45) is -4.92. The van der Waals surface area contributed by atoms with Gasteiger partial charge in [-0.15, -0.1) is 0 Å². The number of anilines is 2. The highest BCUT2D eigenvalue weighted by Crippen LogP contribution is 2.32. The van der Waals surface area contributed by atoms with Crippen molar-refractivity contribution >= 4 is 23.3 Å². The number of para-hydroxylation sites is 2. The highest BCUT2D eigenvalue weighted by Gasteiger charge is 2.34. The molecule has 0 fully saturated rings. The molecule has 27 heavy (non-hydrogen) atoms. The van der Waals surface area contributed by atoms with E-state index < -0.39 is 29.5 Å². The van der Waals surface area contributed by atoms with Crippen LogP contribution in [0.3, 0.4) is 0 Å². The van der Waals surface area contributed by atoms with Crippen molar-refractivity contribution in [3.63, 3.8) is 0 Å². The Morgan fingerprint density at radius 2 is 1.56 bits per heavy atom. The lowest BCUT2D eigenvalue weighted by molar-refractivity contribution is -0.140. The second kappa shape index (κ2) is 8.07. The van der Waals surface area contributed by atoms with Gasteiger partial charge in [0.2, 0.25) is 0 Å². The van der Waals surface area contributed by atoms with Crippen molar-refractivity contribution in [1.29, 1.82) is 0 Å². The molecule has 0 radical (unpaired) electrons. The predicted molar refractivity (Wildman–Crippen MR) is 93.1 cm³/mol. The average molecular weight is 383 g/mol. The van der Waals surface area contributed by atoms with E-state index in [0.717, 1.165) is 6.07 Å². The second-order valence-electron chi connectivity index (χ2n) is 5.95. The zero-order valence-corrected chi connectivity index (χ0v) is 14.4. The van der Waals surface area contributed by atoms with Crippen LogP contribution in [0.15, 0.2) is 42.5 Å². The van der Waals surface area contributed by atoms with Crippen molar-refractivity contribution in [3.05, 3.63) is 59.4 Å². The maximum Gasteiger partial charge on any atom is 0.419 e. The summed E-state index contributed by atoms with van der Waals surface area (Å²) in [5.74, 6) is -2.34. The van der Waals surface area contributed by atoms with E-state index in [-0.39, 0.29) is 23.0 Å². The normalized spacial score (nSPS) is 11.2. The number of nitrogens with one attached hydrogen (secondary N) is 3. The first-order valence-corrected chi connectivity index (χ1v) is 7.92. The van der Waals surface area contributed by atoms with Crippen LogP contribution in [-0.4, -0.2) is 18.0 Å². The summed E-state index contributed by atoms with van der Waals surface area (Å²) in [4.78, 5) is 24.1. The third kappa shape index (κ3) is 5.44. The van der Waals surface area contributed by atoms with Crippen LogP contribution in [0.25, 0.3) is 0 Å². The SMILES string of the molecule is CC(C)NC(=O)Nc1ccccc1NC(=O)c1ccc(F)c(C(F)(F)F)c1. The van der Waals surface area contributed by atoms with Gasteiger partial charge in [-0.05, 0) is 44.2 Å².